The number of likely N-dealkylation sites (tertiary alicyclic amines) is 1. The molecular weight excluding hydrogens is 306 g/mol. The number of nitrogens with zero attached hydrogens (tertiary/aromatic N) is 3. The van der Waals surface area contributed by atoms with Gasteiger partial charge >= 0.3 is 5.97 Å². The smallest absolute Gasteiger partial charge is 0.307 e. The Kier molecular flexibility index (Phi) is 5.17. The predicted molar refractivity (Wildman–Crippen MR) is 88.3 cm³/mol. The molecule has 6 nitrogen and oxygen atoms in total. The van der Waals surface area contributed by atoms with Crippen molar-refractivity contribution in [3.63, 3.8) is 0 Å². The van der Waals surface area contributed by atoms with Gasteiger partial charge in [0.25, 0.3) is 0 Å². The quantitative estimate of drug-likeness (QED) is 0.827. The number of carboxylic acid groups (broad SMARTS) is 1. The average Bonchev–Trinajstić information content (AvgIpc) is 2.89. The fourth-order valence-electron chi connectivity index (χ4n) is 3.17. The van der Waals surface area contributed by atoms with E-state index in [-0.39, 0.29) is 18.4 Å². The van der Waals surface area contributed by atoms with Crippen LogP contribution in [0.3, 0.4) is 0 Å². The van der Waals surface area contributed by atoms with Gasteiger partial charge < -0.3 is 10.2 Å². The van der Waals surface area contributed by atoms with Gasteiger partial charge in [-0.25, -0.2) is 0 Å². The Morgan fingerprint density at radius 2 is 1.92 bits per heavy atom. The third-order valence-electron chi connectivity index (χ3n) is 4.35. The number of hydrogen-bond acceptors (Lipinski definition) is 5. The number of aliphatic hydroxyl groups is 1. The van der Waals surface area contributed by atoms with Crippen molar-refractivity contribution < 1.29 is 15.0 Å². The normalized spacial score (nSPS) is 21.0. The van der Waals surface area contributed by atoms with E-state index in [1.54, 1.807) is 18.6 Å². The number of hydrogen-bond donors (Lipinski definition) is 2. The molecule has 0 amide bonds. The molecular formula is C18H21N3O3. The molecule has 2 aromatic rings. The Labute approximate surface area is 140 Å². The monoisotopic (exact) mass is 327 g/mol. The van der Waals surface area contributed by atoms with Crippen LogP contribution >= 0.6 is 0 Å². The van der Waals surface area contributed by atoms with Gasteiger partial charge in [0.15, 0.2) is 0 Å². The summed E-state index contributed by atoms with van der Waals surface area (Å²) in [5.41, 5.74) is 2.83. The third kappa shape index (κ3) is 4.37. The van der Waals surface area contributed by atoms with Crippen LogP contribution in [0.25, 0.3) is 0 Å². The van der Waals surface area contributed by atoms with Gasteiger partial charge in [-0.3, -0.25) is 19.7 Å². The first-order chi connectivity index (χ1) is 11.6. The van der Waals surface area contributed by atoms with Crippen molar-refractivity contribution in [3.8, 4) is 0 Å². The molecule has 0 radical (unpaired) electrons. The lowest BCUT2D eigenvalue weighted by Gasteiger charge is -2.15. The van der Waals surface area contributed by atoms with Gasteiger partial charge in [-0.1, -0.05) is 24.3 Å². The number of benzene rings is 1. The maximum atomic E-state index is 10.7. The van der Waals surface area contributed by atoms with Gasteiger partial charge in [0.05, 0.1) is 18.2 Å². The van der Waals surface area contributed by atoms with Crippen LogP contribution in [0.15, 0.2) is 42.9 Å². The van der Waals surface area contributed by atoms with Crippen molar-refractivity contribution in [2.45, 2.75) is 25.5 Å². The predicted octanol–water partition coefficient (Wildman–Crippen LogP) is 1.14. The van der Waals surface area contributed by atoms with E-state index in [9.17, 15) is 9.90 Å². The SMILES string of the molecule is O=C(O)Cc1ccc(CN2C[C@@H](Cc3cnccn3)[C@H](O)C2)cc1. The summed E-state index contributed by atoms with van der Waals surface area (Å²) >= 11 is 0. The van der Waals surface area contributed by atoms with Crippen molar-refractivity contribution in [2.75, 3.05) is 13.1 Å². The second kappa shape index (κ2) is 7.51. The fourth-order valence-corrected chi connectivity index (χ4v) is 3.17. The first kappa shape index (κ1) is 16.5. The second-order valence-corrected chi connectivity index (χ2v) is 6.31. The molecule has 6 heteroatoms. The molecule has 0 bridgehead atoms. The Hall–Kier alpha value is -2.31. The van der Waals surface area contributed by atoms with Gasteiger partial charge in [0, 0.05) is 44.1 Å². The van der Waals surface area contributed by atoms with E-state index in [1.807, 2.05) is 24.3 Å². The highest BCUT2D eigenvalue weighted by molar-refractivity contribution is 5.70. The molecule has 1 aliphatic rings. The van der Waals surface area contributed by atoms with E-state index >= 15 is 0 Å². The van der Waals surface area contributed by atoms with Crippen LogP contribution in [0.4, 0.5) is 0 Å². The summed E-state index contributed by atoms with van der Waals surface area (Å²) in [4.78, 5) is 21.3. The average molecular weight is 327 g/mol. The topological polar surface area (TPSA) is 86.5 Å². The van der Waals surface area contributed by atoms with Gasteiger partial charge in [-0.15, -0.1) is 0 Å². The van der Waals surface area contributed by atoms with Crippen molar-refractivity contribution in [3.05, 3.63) is 59.7 Å². The summed E-state index contributed by atoms with van der Waals surface area (Å²) in [5, 5.41) is 19.1. The summed E-state index contributed by atoms with van der Waals surface area (Å²) in [6, 6.07) is 7.63. The first-order valence-electron chi connectivity index (χ1n) is 8.05. The molecule has 2 N–H and O–H groups in total. The van der Waals surface area contributed by atoms with E-state index in [1.165, 1.54) is 0 Å². The van der Waals surface area contributed by atoms with Crippen LogP contribution < -0.4 is 0 Å². The molecule has 0 unspecified atom stereocenters. The summed E-state index contributed by atoms with van der Waals surface area (Å²) < 4.78 is 0. The summed E-state index contributed by atoms with van der Waals surface area (Å²) in [5.74, 6) is -0.662. The van der Waals surface area contributed by atoms with Crippen LogP contribution in [0, 0.1) is 5.92 Å². The standard InChI is InChI=1S/C18H21N3O3/c22-17-12-21(11-15(17)8-16-9-19-5-6-20-16)10-14-3-1-13(2-4-14)7-18(23)24/h1-6,9,15,17,22H,7-8,10-12H2,(H,23,24)/t15-,17-/m1/s1. The Morgan fingerprint density at radius 3 is 2.58 bits per heavy atom. The minimum absolute atomic E-state index is 0.0445. The molecule has 0 spiro atoms. The van der Waals surface area contributed by atoms with Gasteiger partial charge in [-0.05, 0) is 17.5 Å². The fraction of sp³-hybridized carbons (Fsp3) is 0.389. The molecule has 1 aliphatic heterocycles. The van der Waals surface area contributed by atoms with E-state index in [2.05, 4.69) is 14.9 Å². The van der Waals surface area contributed by atoms with Crippen molar-refractivity contribution in [2.24, 2.45) is 5.92 Å². The number of β-amino-alcohol motifs (C(OH)–C–C–N with tert-alkyl or cyclic N) is 1. The lowest BCUT2D eigenvalue weighted by atomic mass is 10.0. The Bertz CT molecular complexity index is 676. The minimum Gasteiger partial charge on any atom is -0.481 e. The molecule has 2 heterocycles. The lowest BCUT2D eigenvalue weighted by molar-refractivity contribution is -0.136. The van der Waals surface area contributed by atoms with Crippen molar-refractivity contribution in [1.29, 1.82) is 0 Å². The zero-order valence-corrected chi connectivity index (χ0v) is 13.4. The summed E-state index contributed by atoms with van der Waals surface area (Å²) in [7, 11) is 0. The van der Waals surface area contributed by atoms with Crippen LogP contribution in [0.5, 0.6) is 0 Å². The molecule has 1 fully saturated rings. The number of aliphatic hydroxyl groups excluding tert-OH is 1. The Balaban J connectivity index is 1.56. The molecule has 0 aliphatic carbocycles. The molecule has 1 aromatic heterocycles. The van der Waals surface area contributed by atoms with Crippen LogP contribution in [-0.2, 0) is 24.2 Å². The molecule has 0 saturated carbocycles. The summed E-state index contributed by atoms with van der Waals surface area (Å²) in [6.45, 7) is 2.21. The highest BCUT2D eigenvalue weighted by Crippen LogP contribution is 2.22. The van der Waals surface area contributed by atoms with E-state index < -0.39 is 5.97 Å². The van der Waals surface area contributed by atoms with Crippen molar-refractivity contribution >= 4 is 5.97 Å². The van der Waals surface area contributed by atoms with Crippen LogP contribution in [0.2, 0.25) is 0 Å². The highest BCUT2D eigenvalue weighted by atomic mass is 16.4. The van der Waals surface area contributed by atoms with Crippen molar-refractivity contribution in [1.82, 2.24) is 14.9 Å². The molecule has 3 rings (SSSR count). The number of aliphatic carboxylic acids is 1. The van der Waals surface area contributed by atoms with Gasteiger partial charge in [0.2, 0.25) is 0 Å². The number of aromatic nitrogens is 2. The molecule has 1 aromatic carbocycles. The highest BCUT2D eigenvalue weighted by Gasteiger charge is 2.31. The largest absolute Gasteiger partial charge is 0.481 e. The number of carbonyl (C=O) groups is 1. The second-order valence-electron chi connectivity index (χ2n) is 6.31. The van der Waals surface area contributed by atoms with Crippen LogP contribution in [-0.4, -0.2) is 50.2 Å². The molecule has 24 heavy (non-hydrogen) atoms. The molecule has 1 saturated heterocycles. The zero-order chi connectivity index (χ0) is 16.9. The van der Waals surface area contributed by atoms with Crippen LogP contribution in [0.1, 0.15) is 16.8 Å². The molecule has 126 valence electrons. The number of rotatable bonds is 6. The van der Waals surface area contributed by atoms with E-state index in [0.29, 0.717) is 6.54 Å². The van der Waals surface area contributed by atoms with Gasteiger partial charge in [-0.2, -0.15) is 0 Å². The summed E-state index contributed by atoms with van der Waals surface area (Å²) in [6.07, 6.45) is 5.48. The van der Waals surface area contributed by atoms with E-state index in [4.69, 9.17) is 5.11 Å². The minimum atomic E-state index is -0.822. The maximum Gasteiger partial charge on any atom is 0.307 e. The molecule has 2 atom stereocenters. The first-order valence-corrected chi connectivity index (χ1v) is 8.05. The Morgan fingerprint density at radius 1 is 1.17 bits per heavy atom. The van der Waals surface area contributed by atoms with E-state index in [0.717, 1.165) is 36.3 Å². The lowest BCUT2D eigenvalue weighted by Crippen LogP contribution is -2.21. The third-order valence-corrected chi connectivity index (χ3v) is 4.35. The number of carboxylic acids is 1. The zero-order valence-electron chi connectivity index (χ0n) is 13.4. The van der Waals surface area contributed by atoms with Gasteiger partial charge in [0.1, 0.15) is 0 Å². The maximum absolute atomic E-state index is 10.7.